The number of benzene rings is 5. The third-order valence-electron chi connectivity index (χ3n) is 12.0. The predicted molar refractivity (Wildman–Crippen MR) is 335 cm³/mol. The van der Waals surface area contributed by atoms with Gasteiger partial charge in [-0.2, -0.15) is 0 Å². The zero-order chi connectivity index (χ0) is 58.5. The summed E-state index contributed by atoms with van der Waals surface area (Å²) in [7, 11) is -6.25. The first kappa shape index (κ1) is 74.5. The summed E-state index contributed by atoms with van der Waals surface area (Å²) >= 11 is 0. The summed E-state index contributed by atoms with van der Waals surface area (Å²) in [6.45, 7) is 34.5. The Balaban J connectivity index is 0.000000580. The second kappa shape index (κ2) is 42.3. The normalized spacial score (nSPS) is 12.1. The van der Waals surface area contributed by atoms with Gasteiger partial charge in [-0.25, -0.2) is 0 Å². The van der Waals surface area contributed by atoms with Crippen molar-refractivity contribution in [1.82, 2.24) is 0 Å². The van der Waals surface area contributed by atoms with Crippen LogP contribution in [0.1, 0.15) is 147 Å². The molecule has 1 aliphatic heterocycles. The Morgan fingerprint density at radius 2 is 0.662 bits per heavy atom. The van der Waals surface area contributed by atoms with Crippen molar-refractivity contribution in [2.24, 2.45) is 0 Å². The number of nitrogens with zero attached hydrogens (tertiary/aromatic N) is 3. The topological polar surface area (TPSA) is 130 Å². The van der Waals surface area contributed by atoms with Crippen molar-refractivity contribution in [2.45, 2.75) is 121 Å². The Hall–Kier alpha value is -3.49. The summed E-state index contributed by atoms with van der Waals surface area (Å²) < 4.78 is 51.2. The Bertz CT molecular complexity index is 2350. The van der Waals surface area contributed by atoms with Gasteiger partial charge < -0.3 is 42.6 Å². The first-order chi connectivity index (χ1) is 37.9. The minimum absolute atomic E-state index is 0. The molecule has 6 rings (SSSR count). The largest absolute Gasteiger partial charge is 1.00 e. The van der Waals surface area contributed by atoms with Crippen LogP contribution in [0.15, 0.2) is 121 Å². The number of hydrogen-bond donors (Lipinski definition) is 0. The molecule has 0 atom stereocenters. The van der Waals surface area contributed by atoms with E-state index in [0.29, 0.717) is 26.4 Å². The van der Waals surface area contributed by atoms with E-state index in [1.165, 1.54) is 52.2 Å². The van der Waals surface area contributed by atoms with Gasteiger partial charge in [0.1, 0.15) is 6.29 Å². The van der Waals surface area contributed by atoms with Crippen molar-refractivity contribution in [3.8, 4) is 0 Å². The van der Waals surface area contributed by atoms with Gasteiger partial charge in [0, 0.05) is 75.1 Å². The Morgan fingerprint density at radius 1 is 0.438 bits per heavy atom. The SMILES string of the molecule is C1CCOC1.CC(C)(C)[O-].CCN(CC)c1ccc(/C=C/c2ccc(/C=C/c3ccc(N(CC)CC)cc3)cc2)cc1.CCN(CC)c1ccc(C=O)cc1.CCOP(=O)(Cc1ccc(CP(=O)(OCC)OCC)cc1)OCC.[K+]. The molecule has 5 aromatic carbocycles. The summed E-state index contributed by atoms with van der Waals surface area (Å²) in [5.41, 5.74) is 10.3. The van der Waals surface area contributed by atoms with Crippen molar-refractivity contribution < 1.29 is 93.2 Å². The molecule has 1 aliphatic rings. The Kier molecular flexibility index (Phi) is 39.4. The van der Waals surface area contributed by atoms with Crippen LogP contribution >= 0.6 is 15.2 Å². The average Bonchev–Trinajstić information content (AvgIpc) is 4.04. The van der Waals surface area contributed by atoms with E-state index in [-0.39, 0.29) is 63.7 Å². The van der Waals surface area contributed by atoms with Gasteiger partial charge in [-0.15, -0.1) is 5.60 Å². The predicted octanol–water partition coefficient (Wildman–Crippen LogP) is 13.2. The molecule has 0 spiro atoms. The molecule has 0 amide bonds. The standard InChI is InChI=1S/C30H36N2.C16H28O6P2.C11H15NO.C4H8O.C4H9O.K/c1-5-31(6-2)29-21-17-27(18-22-29)15-13-25-9-11-26(12-10-25)14-16-28-19-23-30(24-20-28)32(7-3)8-4;1-5-19-23(17,20-6-2)13-15-9-11-16(12-10-15)14-24(18,21-7-3)22-8-4;1-3-12(4-2)11-7-5-10(9-13)6-8-11;1-2-4-5-3-1;1-4(2,3)5;/h9-24H,5-8H2,1-4H3;9-12H,5-8,13-14H2,1-4H3;5-9H,3-4H2,1-2H3;1-4H2;1-3H3;/q;;;;-1;+1/b15-13+,16-14+;;;;;. The molecule has 0 unspecified atom stereocenters. The third kappa shape index (κ3) is 31.2. The van der Waals surface area contributed by atoms with E-state index in [9.17, 15) is 19.0 Å². The molecular formula is C65H96KN3O9P2. The van der Waals surface area contributed by atoms with Crippen molar-refractivity contribution in [3.05, 3.63) is 160 Å². The maximum Gasteiger partial charge on any atom is 1.00 e. The number of ether oxygens (including phenoxy) is 1. The molecule has 1 fully saturated rings. The molecule has 0 radical (unpaired) electrons. The van der Waals surface area contributed by atoms with Crippen LogP contribution in [-0.4, -0.2) is 90.8 Å². The summed E-state index contributed by atoms with van der Waals surface area (Å²) in [4.78, 5) is 17.4. The summed E-state index contributed by atoms with van der Waals surface area (Å²) in [6.07, 6.45) is 12.5. The molecule has 1 heterocycles. The summed E-state index contributed by atoms with van der Waals surface area (Å²) in [5, 5.41) is 10.1. The van der Waals surface area contributed by atoms with E-state index < -0.39 is 20.8 Å². The number of carbonyl (C=O) groups is 1. The Morgan fingerprint density at radius 3 is 0.850 bits per heavy atom. The quantitative estimate of drug-likeness (QED) is 0.0226. The molecule has 0 aromatic heterocycles. The average molecular weight is 1160 g/mol. The number of anilines is 3. The van der Waals surface area contributed by atoms with Crippen molar-refractivity contribution in [3.63, 3.8) is 0 Å². The van der Waals surface area contributed by atoms with Crippen LogP contribution in [0.5, 0.6) is 0 Å². The second-order valence-electron chi connectivity index (χ2n) is 19.2. The van der Waals surface area contributed by atoms with Crippen LogP contribution in [-0.2, 0) is 44.3 Å². The van der Waals surface area contributed by atoms with E-state index >= 15 is 0 Å². The van der Waals surface area contributed by atoms with Gasteiger partial charge in [0.15, 0.2) is 0 Å². The van der Waals surface area contributed by atoms with Crippen molar-refractivity contribution in [1.29, 1.82) is 0 Å². The fourth-order valence-electron chi connectivity index (χ4n) is 7.98. The van der Waals surface area contributed by atoms with Gasteiger partial charge >= 0.3 is 66.6 Å². The van der Waals surface area contributed by atoms with E-state index in [4.69, 9.17) is 22.8 Å². The molecule has 0 N–H and O–H groups in total. The fraction of sp³-hybridized carbons (Fsp3) is 0.462. The minimum Gasteiger partial charge on any atom is -0.850 e. The molecule has 436 valence electrons. The van der Waals surface area contributed by atoms with Gasteiger partial charge in [-0.3, -0.25) is 13.9 Å². The maximum absolute atomic E-state index is 12.5. The van der Waals surface area contributed by atoms with Crippen LogP contribution in [0.4, 0.5) is 17.1 Å². The second-order valence-corrected chi connectivity index (χ2v) is 23.3. The molecular weight excluding hydrogens is 1070 g/mol. The van der Waals surface area contributed by atoms with Crippen LogP contribution in [0.2, 0.25) is 0 Å². The number of hydrogen-bond acceptors (Lipinski definition) is 12. The molecule has 15 heteroatoms. The van der Waals surface area contributed by atoms with Crippen LogP contribution in [0.3, 0.4) is 0 Å². The Labute approximate surface area is 526 Å². The summed E-state index contributed by atoms with van der Waals surface area (Å²) in [6, 6.07) is 41.2. The smallest absolute Gasteiger partial charge is 0.850 e. The van der Waals surface area contributed by atoms with E-state index in [2.05, 4.69) is 153 Å². The molecule has 80 heavy (non-hydrogen) atoms. The van der Waals surface area contributed by atoms with E-state index in [1.807, 2.05) is 48.5 Å². The first-order valence-corrected chi connectivity index (χ1v) is 31.9. The van der Waals surface area contributed by atoms with Crippen LogP contribution in [0, 0.1) is 0 Å². The fourth-order valence-corrected chi connectivity index (χ4v) is 11.4. The van der Waals surface area contributed by atoms with E-state index in [0.717, 1.165) is 75.5 Å². The van der Waals surface area contributed by atoms with Gasteiger partial charge in [-0.05, 0) is 164 Å². The van der Waals surface area contributed by atoms with Gasteiger partial charge in [0.25, 0.3) is 0 Å². The number of carbonyl (C=O) groups excluding carboxylic acids is 1. The number of aldehydes is 1. The molecule has 0 bridgehead atoms. The third-order valence-corrected chi connectivity index (χ3v) is 16.1. The monoisotopic (exact) mass is 1160 g/mol. The van der Waals surface area contributed by atoms with Gasteiger partial charge in [-0.1, -0.05) is 118 Å². The van der Waals surface area contributed by atoms with E-state index in [1.54, 1.807) is 48.5 Å². The van der Waals surface area contributed by atoms with Crippen molar-refractivity contribution in [2.75, 3.05) is 93.6 Å². The summed E-state index contributed by atoms with van der Waals surface area (Å²) in [5.74, 6) is 0. The van der Waals surface area contributed by atoms with Crippen LogP contribution in [0.25, 0.3) is 24.3 Å². The molecule has 0 aliphatic carbocycles. The molecule has 5 aromatic rings. The molecule has 1 saturated heterocycles. The zero-order valence-corrected chi connectivity index (χ0v) is 56.1. The zero-order valence-electron chi connectivity index (χ0n) is 51.2. The molecule has 12 nitrogen and oxygen atoms in total. The van der Waals surface area contributed by atoms with Gasteiger partial charge in [0.05, 0.1) is 38.8 Å². The first-order valence-electron chi connectivity index (χ1n) is 28.5. The van der Waals surface area contributed by atoms with Crippen molar-refractivity contribution >= 4 is 62.8 Å². The molecule has 0 saturated carbocycles. The van der Waals surface area contributed by atoms with Crippen LogP contribution < -0.4 is 71.2 Å². The van der Waals surface area contributed by atoms with Gasteiger partial charge in [0.2, 0.25) is 0 Å². The maximum atomic E-state index is 12.5. The number of rotatable bonds is 26. The minimum atomic E-state index is -3.12.